The van der Waals surface area contributed by atoms with Gasteiger partial charge in [-0.15, -0.1) is 5.10 Å². The van der Waals surface area contributed by atoms with E-state index in [4.69, 9.17) is 0 Å². The molecule has 0 spiro atoms. The summed E-state index contributed by atoms with van der Waals surface area (Å²) in [7, 11) is 0. The van der Waals surface area contributed by atoms with Crippen molar-refractivity contribution in [2.75, 3.05) is 0 Å². The fourth-order valence-corrected chi connectivity index (χ4v) is 2.14. The van der Waals surface area contributed by atoms with E-state index in [9.17, 15) is 9.50 Å². The molecule has 0 aliphatic rings. The van der Waals surface area contributed by atoms with Crippen molar-refractivity contribution in [1.82, 2.24) is 20.2 Å². The molecule has 2 aromatic rings. The summed E-state index contributed by atoms with van der Waals surface area (Å²) in [4.78, 5) is 0. The Labute approximate surface area is 117 Å². The van der Waals surface area contributed by atoms with Crippen LogP contribution in [0.3, 0.4) is 0 Å². The highest BCUT2D eigenvalue weighted by molar-refractivity contribution is 5.28. The lowest BCUT2D eigenvalue weighted by molar-refractivity contribution is 0.147. The number of aliphatic hydroxyl groups excluding tert-OH is 1. The van der Waals surface area contributed by atoms with Crippen LogP contribution in [-0.4, -0.2) is 25.3 Å². The zero-order valence-electron chi connectivity index (χ0n) is 12.1. The van der Waals surface area contributed by atoms with Gasteiger partial charge in [-0.3, -0.25) is 0 Å². The monoisotopic (exact) mass is 278 g/mol. The van der Waals surface area contributed by atoms with Gasteiger partial charge in [-0.25, -0.2) is 9.07 Å². The first-order valence-corrected chi connectivity index (χ1v) is 6.50. The van der Waals surface area contributed by atoms with Gasteiger partial charge in [0.05, 0.1) is 12.6 Å². The third kappa shape index (κ3) is 3.01. The summed E-state index contributed by atoms with van der Waals surface area (Å²) >= 11 is 0. The summed E-state index contributed by atoms with van der Waals surface area (Å²) in [6.07, 6.45) is -0.778. The first kappa shape index (κ1) is 14.6. The normalized spacial score (nSPS) is 13.5. The van der Waals surface area contributed by atoms with Gasteiger partial charge >= 0.3 is 0 Å². The second-order valence-electron chi connectivity index (χ2n) is 5.95. The third-order valence-electron chi connectivity index (χ3n) is 3.14. The number of hydrogen-bond acceptors (Lipinski definition) is 4. The highest BCUT2D eigenvalue weighted by atomic mass is 19.1. The van der Waals surface area contributed by atoms with Crippen molar-refractivity contribution in [1.29, 1.82) is 0 Å². The Balaban J connectivity index is 2.24. The topological polar surface area (TPSA) is 63.8 Å². The molecule has 0 saturated carbocycles. The largest absolute Gasteiger partial charge is 0.386 e. The molecule has 0 bridgehead atoms. The second-order valence-corrected chi connectivity index (χ2v) is 5.95. The fourth-order valence-electron chi connectivity index (χ4n) is 2.14. The lowest BCUT2D eigenvalue weighted by Gasteiger charge is -2.19. The average molecular weight is 278 g/mol. The van der Waals surface area contributed by atoms with Gasteiger partial charge in [0.25, 0.3) is 0 Å². The van der Waals surface area contributed by atoms with E-state index < -0.39 is 6.10 Å². The van der Waals surface area contributed by atoms with Crippen molar-refractivity contribution in [3.8, 4) is 0 Å². The molecule has 1 aromatic heterocycles. The van der Waals surface area contributed by atoms with Crippen LogP contribution >= 0.6 is 0 Å². The van der Waals surface area contributed by atoms with Gasteiger partial charge in [-0.1, -0.05) is 26.8 Å². The first-order valence-electron chi connectivity index (χ1n) is 6.50. The lowest BCUT2D eigenvalue weighted by Crippen LogP contribution is -2.22. The maximum Gasteiger partial charge on any atom is 0.156 e. The number of hydrogen-bond donors (Lipinski definition) is 1. The summed E-state index contributed by atoms with van der Waals surface area (Å²) in [6.45, 7) is 8.03. The van der Waals surface area contributed by atoms with E-state index in [-0.39, 0.29) is 17.8 Å². The standard InChI is InChI=1S/C14H19FN4O/c1-9-7-10(15)5-6-11(9)12(20)8-19-13(14(2,3)4)16-17-18-19/h5-7,12,20H,8H2,1-4H3. The molecule has 108 valence electrons. The van der Waals surface area contributed by atoms with E-state index in [1.54, 1.807) is 17.7 Å². The minimum Gasteiger partial charge on any atom is -0.386 e. The van der Waals surface area contributed by atoms with Crippen LogP contribution in [0.15, 0.2) is 18.2 Å². The van der Waals surface area contributed by atoms with Crippen molar-refractivity contribution >= 4 is 0 Å². The lowest BCUT2D eigenvalue weighted by atomic mass is 9.95. The molecule has 0 saturated heterocycles. The van der Waals surface area contributed by atoms with E-state index in [0.717, 1.165) is 0 Å². The summed E-state index contributed by atoms with van der Waals surface area (Å²) in [5.74, 6) is 0.396. The van der Waals surface area contributed by atoms with Crippen LogP contribution < -0.4 is 0 Å². The van der Waals surface area contributed by atoms with Crippen molar-refractivity contribution in [2.24, 2.45) is 0 Å². The number of aliphatic hydroxyl groups is 1. The Morgan fingerprint density at radius 2 is 2.05 bits per heavy atom. The number of nitrogens with zero attached hydrogens (tertiary/aromatic N) is 4. The van der Waals surface area contributed by atoms with Crippen LogP contribution in [0.1, 0.15) is 43.8 Å². The number of aromatic nitrogens is 4. The molecule has 0 aliphatic carbocycles. The van der Waals surface area contributed by atoms with E-state index in [2.05, 4.69) is 15.5 Å². The molecule has 0 amide bonds. The average Bonchev–Trinajstić information content (AvgIpc) is 2.76. The zero-order valence-corrected chi connectivity index (χ0v) is 12.1. The number of aryl methyl sites for hydroxylation is 1. The summed E-state index contributed by atoms with van der Waals surface area (Å²) in [5, 5.41) is 21.9. The van der Waals surface area contributed by atoms with Crippen molar-refractivity contribution in [3.05, 3.63) is 41.0 Å². The van der Waals surface area contributed by atoms with Gasteiger partial charge in [0.1, 0.15) is 5.82 Å². The van der Waals surface area contributed by atoms with Crippen LogP contribution in [0, 0.1) is 12.7 Å². The number of rotatable bonds is 3. The van der Waals surface area contributed by atoms with Crippen LogP contribution in [0.2, 0.25) is 0 Å². The Morgan fingerprint density at radius 1 is 1.35 bits per heavy atom. The maximum absolute atomic E-state index is 13.1. The smallest absolute Gasteiger partial charge is 0.156 e. The van der Waals surface area contributed by atoms with Crippen molar-refractivity contribution in [3.63, 3.8) is 0 Å². The van der Waals surface area contributed by atoms with Gasteiger partial charge in [0, 0.05) is 5.41 Å². The molecule has 20 heavy (non-hydrogen) atoms. The minimum absolute atomic E-state index is 0.207. The molecule has 0 radical (unpaired) electrons. The molecule has 1 aromatic carbocycles. The highest BCUT2D eigenvalue weighted by Crippen LogP contribution is 2.23. The zero-order chi connectivity index (χ0) is 14.9. The highest BCUT2D eigenvalue weighted by Gasteiger charge is 2.23. The molecule has 0 fully saturated rings. The predicted octanol–water partition coefficient (Wildman–Crippen LogP) is 2.15. The van der Waals surface area contributed by atoms with Gasteiger partial charge in [-0.05, 0) is 40.6 Å². The molecule has 2 rings (SSSR count). The molecule has 1 heterocycles. The molecule has 1 N–H and O–H groups in total. The van der Waals surface area contributed by atoms with Crippen molar-refractivity contribution < 1.29 is 9.50 Å². The van der Waals surface area contributed by atoms with Crippen LogP contribution in [0.4, 0.5) is 4.39 Å². The molecule has 1 atom stereocenters. The summed E-state index contributed by atoms with van der Waals surface area (Å²) < 4.78 is 14.7. The van der Waals surface area contributed by atoms with E-state index >= 15 is 0 Å². The third-order valence-corrected chi connectivity index (χ3v) is 3.14. The number of halogens is 1. The first-order chi connectivity index (χ1) is 9.29. The quantitative estimate of drug-likeness (QED) is 0.934. The predicted molar refractivity (Wildman–Crippen MR) is 72.6 cm³/mol. The SMILES string of the molecule is Cc1cc(F)ccc1C(O)Cn1nnnc1C(C)(C)C. The Bertz CT molecular complexity index is 603. The van der Waals surface area contributed by atoms with Gasteiger partial charge in [-0.2, -0.15) is 0 Å². The molecular weight excluding hydrogens is 259 g/mol. The van der Waals surface area contributed by atoms with Gasteiger partial charge in [0.15, 0.2) is 5.82 Å². The minimum atomic E-state index is -0.778. The van der Waals surface area contributed by atoms with E-state index in [0.29, 0.717) is 17.0 Å². The maximum atomic E-state index is 13.1. The molecule has 0 aliphatic heterocycles. The molecule has 6 heteroatoms. The van der Waals surface area contributed by atoms with Crippen molar-refractivity contribution in [2.45, 2.75) is 45.8 Å². The number of benzene rings is 1. The molecular formula is C14H19FN4O. The van der Waals surface area contributed by atoms with Crippen LogP contribution in [0.25, 0.3) is 0 Å². The Morgan fingerprint density at radius 3 is 2.65 bits per heavy atom. The summed E-state index contributed by atoms with van der Waals surface area (Å²) in [5.41, 5.74) is 1.19. The fraction of sp³-hybridized carbons (Fsp3) is 0.500. The van der Waals surface area contributed by atoms with E-state index in [1.807, 2.05) is 20.8 Å². The van der Waals surface area contributed by atoms with Crippen LogP contribution in [0.5, 0.6) is 0 Å². The Hall–Kier alpha value is -1.82. The van der Waals surface area contributed by atoms with Crippen LogP contribution in [-0.2, 0) is 12.0 Å². The van der Waals surface area contributed by atoms with Gasteiger partial charge < -0.3 is 5.11 Å². The Kier molecular flexibility index (Phi) is 3.85. The van der Waals surface area contributed by atoms with E-state index in [1.165, 1.54) is 12.1 Å². The summed E-state index contributed by atoms with van der Waals surface area (Å²) in [6, 6.07) is 4.34. The van der Waals surface area contributed by atoms with Gasteiger partial charge in [0.2, 0.25) is 0 Å². The second kappa shape index (κ2) is 5.28. The molecule has 1 unspecified atom stereocenters. The molecule has 5 nitrogen and oxygen atoms in total. The number of tetrazole rings is 1.